The van der Waals surface area contributed by atoms with Crippen LogP contribution < -0.4 is 9.64 Å². The molecule has 214 valence electrons. The lowest BCUT2D eigenvalue weighted by Crippen LogP contribution is -2.54. The Morgan fingerprint density at radius 1 is 1.24 bits per heavy atom. The molecule has 2 fully saturated rings. The number of aromatic hydroxyl groups is 1. The molecule has 1 aliphatic carbocycles. The quantitative estimate of drug-likeness (QED) is 0.458. The monoisotopic (exact) mass is 557 g/mol. The first-order valence-electron chi connectivity index (χ1n) is 14.1. The fraction of sp³-hybridized carbons (Fsp3) is 0.419. The van der Waals surface area contributed by atoms with Gasteiger partial charge in [-0.05, 0) is 66.6 Å². The molecule has 1 aromatic heterocycles. The third-order valence-electron chi connectivity index (χ3n) is 8.58. The first-order chi connectivity index (χ1) is 19.8. The van der Waals surface area contributed by atoms with Gasteiger partial charge in [-0.25, -0.2) is 4.79 Å². The van der Waals surface area contributed by atoms with Gasteiger partial charge >= 0.3 is 12.1 Å². The van der Waals surface area contributed by atoms with E-state index in [1.165, 1.54) is 11.0 Å². The lowest BCUT2D eigenvalue weighted by molar-refractivity contribution is -0.126. The summed E-state index contributed by atoms with van der Waals surface area (Å²) in [5.41, 5.74) is 3.14. The predicted molar refractivity (Wildman–Crippen MR) is 154 cm³/mol. The Morgan fingerprint density at radius 3 is 2.83 bits per heavy atom. The van der Waals surface area contributed by atoms with Gasteiger partial charge in [-0.15, -0.1) is 0 Å². The number of carbonyl (C=O) groups is 2. The van der Waals surface area contributed by atoms with E-state index < -0.39 is 0 Å². The number of rotatable bonds is 6. The first-order valence-corrected chi connectivity index (χ1v) is 14.1. The zero-order valence-electron chi connectivity index (χ0n) is 23.5. The van der Waals surface area contributed by atoms with Crippen molar-refractivity contribution in [3.8, 4) is 11.8 Å². The van der Waals surface area contributed by atoms with Crippen molar-refractivity contribution in [1.29, 1.82) is 0 Å². The number of ether oxygens (including phenoxy) is 2. The first kappa shape index (κ1) is 26.9. The molecule has 0 spiro atoms. The van der Waals surface area contributed by atoms with Gasteiger partial charge in [-0.2, -0.15) is 9.97 Å². The Labute approximate surface area is 239 Å². The van der Waals surface area contributed by atoms with Gasteiger partial charge in [-0.1, -0.05) is 30.8 Å². The molecule has 3 atom stereocenters. The van der Waals surface area contributed by atoms with Crippen molar-refractivity contribution in [3.05, 3.63) is 65.9 Å². The maximum atomic E-state index is 12.3. The molecule has 3 heterocycles. The van der Waals surface area contributed by atoms with E-state index in [1.54, 1.807) is 13.1 Å². The molecule has 3 aromatic rings. The van der Waals surface area contributed by atoms with Crippen molar-refractivity contribution < 1.29 is 24.2 Å². The summed E-state index contributed by atoms with van der Waals surface area (Å²) in [5, 5.41) is 12.6. The predicted octanol–water partition coefficient (Wildman–Crippen LogP) is 3.66. The summed E-state index contributed by atoms with van der Waals surface area (Å²) in [6, 6.07) is 11.9. The molecule has 41 heavy (non-hydrogen) atoms. The van der Waals surface area contributed by atoms with E-state index in [0.29, 0.717) is 26.1 Å². The van der Waals surface area contributed by atoms with Crippen LogP contribution in [-0.2, 0) is 22.4 Å². The second kappa shape index (κ2) is 10.9. The Kier molecular flexibility index (Phi) is 7.15. The van der Waals surface area contributed by atoms with Crippen LogP contribution in [0.2, 0.25) is 0 Å². The van der Waals surface area contributed by atoms with Crippen LogP contribution in [0.1, 0.15) is 36.1 Å². The molecular formula is C31H35N5O5. The van der Waals surface area contributed by atoms with E-state index in [1.807, 2.05) is 29.2 Å². The molecule has 2 aromatic carbocycles. The molecule has 0 unspecified atom stereocenters. The second-order valence-corrected chi connectivity index (χ2v) is 11.1. The van der Waals surface area contributed by atoms with Crippen LogP contribution in [-0.4, -0.2) is 88.9 Å². The molecule has 10 nitrogen and oxygen atoms in total. The third kappa shape index (κ3) is 5.14. The highest BCUT2D eigenvalue weighted by molar-refractivity contribution is 5.88. The summed E-state index contributed by atoms with van der Waals surface area (Å²) >= 11 is 0. The highest BCUT2D eigenvalue weighted by atomic mass is 16.6. The minimum atomic E-state index is -0.368. The molecule has 0 saturated carbocycles. The summed E-state index contributed by atoms with van der Waals surface area (Å²) in [6.45, 7) is 8.00. The molecule has 2 amide bonds. The number of hydrogen-bond acceptors (Lipinski definition) is 8. The molecule has 2 saturated heterocycles. The smallest absolute Gasteiger partial charge is 0.410 e. The van der Waals surface area contributed by atoms with Crippen molar-refractivity contribution in [1.82, 2.24) is 19.8 Å². The Morgan fingerprint density at radius 2 is 2.07 bits per heavy atom. The van der Waals surface area contributed by atoms with Crippen LogP contribution in [0.3, 0.4) is 0 Å². The Balaban J connectivity index is 1.33. The van der Waals surface area contributed by atoms with Gasteiger partial charge in [-0.3, -0.25) is 4.79 Å². The maximum Gasteiger partial charge on any atom is 0.410 e. The summed E-state index contributed by atoms with van der Waals surface area (Å²) in [5.74, 6) is 1.20. The summed E-state index contributed by atoms with van der Waals surface area (Å²) in [4.78, 5) is 39.5. The van der Waals surface area contributed by atoms with Crippen LogP contribution in [0.25, 0.3) is 10.8 Å². The lowest BCUT2D eigenvalue weighted by Gasteiger charge is -2.41. The van der Waals surface area contributed by atoms with Crippen molar-refractivity contribution >= 4 is 28.6 Å². The van der Waals surface area contributed by atoms with Crippen molar-refractivity contribution in [2.75, 3.05) is 44.8 Å². The van der Waals surface area contributed by atoms with E-state index in [4.69, 9.17) is 19.4 Å². The number of aromatic nitrogens is 2. The third-order valence-corrected chi connectivity index (χ3v) is 8.58. The fourth-order valence-corrected chi connectivity index (χ4v) is 6.27. The van der Waals surface area contributed by atoms with Crippen LogP contribution in [0, 0.1) is 0 Å². The molecule has 6 rings (SSSR count). The van der Waals surface area contributed by atoms with E-state index in [2.05, 4.69) is 24.5 Å². The summed E-state index contributed by atoms with van der Waals surface area (Å²) < 4.78 is 11.2. The number of anilines is 1. The largest absolute Gasteiger partial charge is 0.508 e. The van der Waals surface area contributed by atoms with E-state index in [9.17, 15) is 14.7 Å². The van der Waals surface area contributed by atoms with Crippen LogP contribution in [0.15, 0.2) is 49.1 Å². The SMILES string of the molecule is C=CC(=O)N1CCN(c2nc(OC[C@H]3COC(=O)N3C)nc3c2CC[C@@H](c2cc(O)cc4ccccc24)C3)[C@@H](C)C1. The fourth-order valence-electron chi connectivity index (χ4n) is 6.27. The number of cyclic esters (lactones) is 1. The highest BCUT2D eigenvalue weighted by Gasteiger charge is 2.34. The van der Waals surface area contributed by atoms with E-state index in [-0.39, 0.29) is 55.0 Å². The normalized spacial score (nSPS) is 22.4. The van der Waals surface area contributed by atoms with E-state index in [0.717, 1.165) is 46.3 Å². The van der Waals surface area contributed by atoms with Gasteiger partial charge < -0.3 is 29.3 Å². The Bertz CT molecular complexity index is 1510. The van der Waals surface area contributed by atoms with Crippen LogP contribution >= 0.6 is 0 Å². The van der Waals surface area contributed by atoms with Crippen molar-refractivity contribution in [3.63, 3.8) is 0 Å². The average Bonchev–Trinajstić information content (AvgIpc) is 3.30. The van der Waals surface area contributed by atoms with Crippen molar-refractivity contribution in [2.45, 2.75) is 44.2 Å². The van der Waals surface area contributed by atoms with Gasteiger partial charge in [0.15, 0.2) is 0 Å². The van der Waals surface area contributed by atoms with Crippen LogP contribution in [0.5, 0.6) is 11.8 Å². The number of hydrogen-bond donors (Lipinski definition) is 1. The molecule has 0 bridgehead atoms. The number of amides is 2. The standard InChI is InChI=1S/C31H35N5O5/c1-4-28(38)35-11-12-36(19(2)16-35)29-25-10-9-21(26-15-23(37)13-20-7-5-6-8-24(20)26)14-27(25)32-30(33-29)40-17-22-18-41-31(39)34(22)3/h4-8,13,15,19,21-22,37H,1,9-12,14,16-18H2,2-3H3/t19-,21+,22-/m0/s1. The van der Waals surface area contributed by atoms with Gasteiger partial charge in [0, 0.05) is 38.3 Å². The van der Waals surface area contributed by atoms with Gasteiger partial charge in [0.1, 0.15) is 30.8 Å². The summed E-state index contributed by atoms with van der Waals surface area (Å²) in [7, 11) is 1.69. The average molecular weight is 558 g/mol. The molecule has 0 radical (unpaired) electrons. The zero-order valence-corrected chi connectivity index (χ0v) is 23.5. The van der Waals surface area contributed by atoms with Gasteiger partial charge in [0.05, 0.1) is 5.69 Å². The van der Waals surface area contributed by atoms with Crippen LogP contribution in [0.4, 0.5) is 10.6 Å². The number of phenolic OH excluding ortho intramolecular Hbond substituents is 1. The number of phenols is 1. The zero-order chi connectivity index (χ0) is 28.7. The molecule has 10 heteroatoms. The molecular weight excluding hydrogens is 522 g/mol. The van der Waals surface area contributed by atoms with E-state index >= 15 is 0 Å². The molecule has 2 aliphatic heterocycles. The summed E-state index contributed by atoms with van der Waals surface area (Å²) in [6.07, 6.45) is 3.36. The number of likely N-dealkylation sites (N-methyl/N-ethyl adjacent to an activating group) is 1. The number of benzene rings is 2. The highest BCUT2D eigenvalue weighted by Crippen LogP contribution is 2.40. The molecule has 3 aliphatic rings. The number of piperazine rings is 1. The minimum Gasteiger partial charge on any atom is -0.508 e. The topological polar surface area (TPSA) is 108 Å². The Hall–Kier alpha value is -4.34. The van der Waals surface area contributed by atoms with Gasteiger partial charge in [0.25, 0.3) is 0 Å². The second-order valence-electron chi connectivity index (χ2n) is 11.1. The van der Waals surface area contributed by atoms with Gasteiger partial charge in [0.2, 0.25) is 5.91 Å². The maximum absolute atomic E-state index is 12.3. The minimum absolute atomic E-state index is 0.0409. The number of nitrogens with zero attached hydrogens (tertiary/aromatic N) is 5. The molecule has 1 N–H and O–H groups in total. The number of fused-ring (bicyclic) bond motifs is 2. The van der Waals surface area contributed by atoms with Crippen molar-refractivity contribution in [2.24, 2.45) is 0 Å². The number of carbonyl (C=O) groups excluding carboxylic acids is 2. The lowest BCUT2D eigenvalue weighted by atomic mass is 9.80.